The first-order valence-electron chi connectivity index (χ1n) is 5.98. The molecule has 0 heterocycles. The molecule has 0 amide bonds. The molecule has 0 aromatic heterocycles. The zero-order valence-electron chi connectivity index (χ0n) is 10.4. The average Bonchev–Trinajstić information content (AvgIpc) is 3.09. The SMILES string of the molecule is COc1ccc(CC(C)=O)cc1OCC1CC1. The minimum atomic E-state index is 0.156. The van der Waals surface area contributed by atoms with Crippen LogP contribution in [-0.4, -0.2) is 19.5 Å². The Morgan fingerprint density at radius 1 is 1.35 bits per heavy atom. The van der Waals surface area contributed by atoms with E-state index in [-0.39, 0.29) is 5.78 Å². The summed E-state index contributed by atoms with van der Waals surface area (Å²) in [6, 6.07) is 5.67. The molecule has 17 heavy (non-hydrogen) atoms. The lowest BCUT2D eigenvalue weighted by Crippen LogP contribution is -2.03. The zero-order valence-corrected chi connectivity index (χ0v) is 10.4. The van der Waals surface area contributed by atoms with Gasteiger partial charge in [-0.2, -0.15) is 0 Å². The van der Waals surface area contributed by atoms with Gasteiger partial charge in [-0.15, -0.1) is 0 Å². The summed E-state index contributed by atoms with van der Waals surface area (Å²) < 4.78 is 11.0. The summed E-state index contributed by atoms with van der Waals surface area (Å²) in [7, 11) is 1.63. The Kier molecular flexibility index (Phi) is 3.67. The fourth-order valence-corrected chi connectivity index (χ4v) is 1.72. The van der Waals surface area contributed by atoms with Gasteiger partial charge in [0.25, 0.3) is 0 Å². The number of carbonyl (C=O) groups excluding carboxylic acids is 1. The predicted molar refractivity (Wildman–Crippen MR) is 65.6 cm³/mol. The first kappa shape index (κ1) is 12.0. The van der Waals surface area contributed by atoms with Gasteiger partial charge in [0.2, 0.25) is 0 Å². The quantitative estimate of drug-likeness (QED) is 0.759. The van der Waals surface area contributed by atoms with Crippen LogP contribution in [0, 0.1) is 5.92 Å². The van der Waals surface area contributed by atoms with E-state index in [2.05, 4.69) is 0 Å². The predicted octanol–water partition coefficient (Wildman–Crippen LogP) is 2.62. The smallest absolute Gasteiger partial charge is 0.161 e. The first-order chi connectivity index (χ1) is 8.19. The maximum Gasteiger partial charge on any atom is 0.161 e. The van der Waals surface area contributed by atoms with Gasteiger partial charge in [-0.3, -0.25) is 4.79 Å². The molecule has 1 aromatic rings. The Balaban J connectivity index is 2.09. The van der Waals surface area contributed by atoms with E-state index in [4.69, 9.17) is 9.47 Å². The summed E-state index contributed by atoms with van der Waals surface area (Å²) in [4.78, 5) is 11.1. The molecule has 0 atom stereocenters. The van der Waals surface area contributed by atoms with E-state index >= 15 is 0 Å². The molecular formula is C14H18O3. The van der Waals surface area contributed by atoms with Crippen LogP contribution in [0.5, 0.6) is 11.5 Å². The van der Waals surface area contributed by atoms with Crippen LogP contribution < -0.4 is 9.47 Å². The van der Waals surface area contributed by atoms with Gasteiger partial charge in [0, 0.05) is 6.42 Å². The van der Waals surface area contributed by atoms with Gasteiger partial charge in [0.05, 0.1) is 13.7 Å². The zero-order chi connectivity index (χ0) is 12.3. The third kappa shape index (κ3) is 3.48. The molecule has 3 nitrogen and oxygen atoms in total. The van der Waals surface area contributed by atoms with Crippen LogP contribution in [0.2, 0.25) is 0 Å². The molecule has 0 aliphatic heterocycles. The Hall–Kier alpha value is -1.51. The highest BCUT2D eigenvalue weighted by Gasteiger charge is 2.22. The molecule has 0 unspecified atom stereocenters. The van der Waals surface area contributed by atoms with Crippen LogP contribution in [0.15, 0.2) is 18.2 Å². The van der Waals surface area contributed by atoms with Crippen LogP contribution in [0.3, 0.4) is 0 Å². The van der Waals surface area contributed by atoms with E-state index < -0.39 is 0 Å². The molecule has 3 heteroatoms. The average molecular weight is 234 g/mol. The lowest BCUT2D eigenvalue weighted by molar-refractivity contribution is -0.116. The van der Waals surface area contributed by atoms with E-state index in [9.17, 15) is 4.79 Å². The normalized spacial score (nSPS) is 14.5. The van der Waals surface area contributed by atoms with Crippen molar-refractivity contribution in [2.24, 2.45) is 5.92 Å². The molecule has 1 saturated carbocycles. The van der Waals surface area contributed by atoms with Gasteiger partial charge in [-0.05, 0) is 43.4 Å². The van der Waals surface area contributed by atoms with Crippen molar-refractivity contribution in [3.05, 3.63) is 23.8 Å². The van der Waals surface area contributed by atoms with Crippen molar-refractivity contribution in [3.63, 3.8) is 0 Å². The van der Waals surface area contributed by atoms with E-state index in [0.717, 1.165) is 23.7 Å². The summed E-state index contributed by atoms with van der Waals surface area (Å²) in [5.41, 5.74) is 0.976. The molecule has 92 valence electrons. The number of hydrogen-bond acceptors (Lipinski definition) is 3. The summed E-state index contributed by atoms with van der Waals surface area (Å²) in [6.45, 7) is 2.34. The van der Waals surface area contributed by atoms with Crippen LogP contribution in [0.4, 0.5) is 0 Å². The van der Waals surface area contributed by atoms with Crippen molar-refractivity contribution >= 4 is 5.78 Å². The standard InChI is InChI=1S/C14H18O3/c1-10(15)7-12-5-6-13(16-2)14(8-12)17-9-11-3-4-11/h5-6,8,11H,3-4,7,9H2,1-2H3. The summed E-state index contributed by atoms with van der Waals surface area (Å²) >= 11 is 0. The maximum absolute atomic E-state index is 11.1. The van der Waals surface area contributed by atoms with Crippen molar-refractivity contribution in [2.75, 3.05) is 13.7 Å². The third-order valence-corrected chi connectivity index (χ3v) is 2.85. The number of methoxy groups -OCH3 is 1. The highest BCUT2D eigenvalue weighted by Crippen LogP contribution is 2.33. The number of ether oxygens (including phenoxy) is 2. The van der Waals surface area contributed by atoms with Crippen molar-refractivity contribution in [3.8, 4) is 11.5 Å². The molecule has 1 aliphatic carbocycles. The van der Waals surface area contributed by atoms with E-state index in [1.165, 1.54) is 12.8 Å². The molecule has 0 spiro atoms. The van der Waals surface area contributed by atoms with Crippen molar-refractivity contribution in [2.45, 2.75) is 26.2 Å². The molecule has 0 saturated heterocycles. The summed E-state index contributed by atoms with van der Waals surface area (Å²) in [5, 5.41) is 0. The first-order valence-corrected chi connectivity index (χ1v) is 5.98. The molecule has 1 fully saturated rings. The van der Waals surface area contributed by atoms with E-state index in [1.807, 2.05) is 18.2 Å². The van der Waals surface area contributed by atoms with Crippen molar-refractivity contribution < 1.29 is 14.3 Å². The van der Waals surface area contributed by atoms with Crippen LogP contribution in [0.1, 0.15) is 25.3 Å². The fraction of sp³-hybridized carbons (Fsp3) is 0.500. The highest BCUT2D eigenvalue weighted by molar-refractivity contribution is 5.78. The minimum Gasteiger partial charge on any atom is -0.493 e. The Bertz CT molecular complexity index is 408. The second-order valence-corrected chi connectivity index (χ2v) is 4.62. The maximum atomic E-state index is 11.1. The Morgan fingerprint density at radius 3 is 2.71 bits per heavy atom. The van der Waals surface area contributed by atoms with E-state index in [1.54, 1.807) is 14.0 Å². The van der Waals surface area contributed by atoms with Crippen LogP contribution >= 0.6 is 0 Å². The second kappa shape index (κ2) is 5.21. The number of benzene rings is 1. The summed E-state index contributed by atoms with van der Waals surface area (Å²) in [5.74, 6) is 2.34. The summed E-state index contributed by atoms with van der Waals surface area (Å²) in [6.07, 6.45) is 2.97. The van der Waals surface area contributed by atoms with Gasteiger partial charge in [0.1, 0.15) is 5.78 Å². The van der Waals surface area contributed by atoms with E-state index in [0.29, 0.717) is 12.3 Å². The minimum absolute atomic E-state index is 0.156. The third-order valence-electron chi connectivity index (χ3n) is 2.85. The van der Waals surface area contributed by atoms with Crippen molar-refractivity contribution in [1.29, 1.82) is 0 Å². The van der Waals surface area contributed by atoms with Gasteiger partial charge < -0.3 is 9.47 Å². The van der Waals surface area contributed by atoms with Crippen molar-refractivity contribution in [1.82, 2.24) is 0 Å². The molecule has 1 aliphatic rings. The second-order valence-electron chi connectivity index (χ2n) is 4.62. The lowest BCUT2D eigenvalue weighted by Gasteiger charge is -2.11. The molecule has 0 radical (unpaired) electrons. The van der Waals surface area contributed by atoms with Gasteiger partial charge in [-0.25, -0.2) is 0 Å². The molecule has 0 bridgehead atoms. The topological polar surface area (TPSA) is 35.5 Å². The number of rotatable bonds is 6. The number of Topliss-reactive ketones (excluding diaryl/α,β-unsaturated/α-hetero) is 1. The Labute approximate surface area is 102 Å². The lowest BCUT2D eigenvalue weighted by atomic mass is 10.1. The van der Waals surface area contributed by atoms with Gasteiger partial charge in [-0.1, -0.05) is 6.07 Å². The van der Waals surface area contributed by atoms with Crippen LogP contribution in [0.25, 0.3) is 0 Å². The Morgan fingerprint density at radius 2 is 2.12 bits per heavy atom. The highest BCUT2D eigenvalue weighted by atomic mass is 16.5. The molecule has 2 rings (SSSR count). The molecule has 1 aromatic carbocycles. The molecule has 0 N–H and O–H groups in total. The van der Waals surface area contributed by atoms with Gasteiger partial charge >= 0.3 is 0 Å². The largest absolute Gasteiger partial charge is 0.493 e. The van der Waals surface area contributed by atoms with Gasteiger partial charge in [0.15, 0.2) is 11.5 Å². The van der Waals surface area contributed by atoms with Crippen LogP contribution in [-0.2, 0) is 11.2 Å². The monoisotopic (exact) mass is 234 g/mol. The number of carbonyl (C=O) groups is 1. The molecular weight excluding hydrogens is 216 g/mol. The number of hydrogen-bond donors (Lipinski definition) is 0. The fourth-order valence-electron chi connectivity index (χ4n) is 1.72. The number of ketones is 1.